The molecule has 1 aliphatic heterocycles. The largest absolute Gasteiger partial charge is 0.399 e. The van der Waals surface area contributed by atoms with E-state index < -0.39 is 0 Å². The van der Waals surface area contributed by atoms with Gasteiger partial charge in [0.05, 0.1) is 0 Å². The van der Waals surface area contributed by atoms with E-state index in [-0.39, 0.29) is 5.91 Å². The van der Waals surface area contributed by atoms with Gasteiger partial charge in [-0.15, -0.1) is 0 Å². The number of nitrogens with two attached hydrogens (primary N) is 1. The smallest absolute Gasteiger partial charge is 0.251 e. The first-order valence-corrected chi connectivity index (χ1v) is 7.54. The molecular weight excluding hydrogens is 300 g/mol. The van der Waals surface area contributed by atoms with Gasteiger partial charge in [0.25, 0.3) is 5.91 Å². The Morgan fingerprint density at radius 3 is 2.94 bits per heavy atom. The maximum absolute atomic E-state index is 12.0. The number of hydrogen-bond donors (Lipinski definition) is 2. The van der Waals surface area contributed by atoms with Crippen LogP contribution in [-0.2, 0) is 0 Å². The molecule has 0 radical (unpaired) electrons. The summed E-state index contributed by atoms with van der Waals surface area (Å²) in [5.41, 5.74) is 6.93. The zero-order chi connectivity index (χ0) is 12.3. The predicted molar refractivity (Wildman–Crippen MR) is 76.4 cm³/mol. The predicted octanol–water partition coefficient (Wildman–Crippen LogP) is 2.66. The summed E-state index contributed by atoms with van der Waals surface area (Å²) in [6.45, 7) is 0. The van der Waals surface area contributed by atoms with Gasteiger partial charge in [0.2, 0.25) is 0 Å². The number of nitrogens with one attached hydrogen (secondary N) is 1. The fourth-order valence-corrected chi connectivity index (χ4v) is 3.45. The molecule has 17 heavy (non-hydrogen) atoms. The lowest BCUT2D eigenvalue weighted by molar-refractivity contribution is 0.0938. The highest BCUT2D eigenvalue weighted by molar-refractivity contribution is 9.10. The number of amides is 1. The van der Waals surface area contributed by atoms with Crippen LogP contribution < -0.4 is 11.1 Å². The van der Waals surface area contributed by atoms with E-state index in [2.05, 4.69) is 21.2 Å². The molecule has 0 bridgehead atoms. The van der Waals surface area contributed by atoms with Crippen LogP contribution in [0.1, 0.15) is 23.2 Å². The topological polar surface area (TPSA) is 55.1 Å². The van der Waals surface area contributed by atoms with Crippen molar-refractivity contribution >= 4 is 39.3 Å². The molecule has 1 saturated heterocycles. The third kappa shape index (κ3) is 3.64. The fraction of sp³-hybridized carbons (Fsp3) is 0.417. The highest BCUT2D eigenvalue weighted by atomic mass is 79.9. The maximum Gasteiger partial charge on any atom is 0.251 e. The summed E-state index contributed by atoms with van der Waals surface area (Å²) in [7, 11) is 0. The van der Waals surface area contributed by atoms with Gasteiger partial charge in [0, 0.05) is 27.5 Å². The van der Waals surface area contributed by atoms with Crippen molar-refractivity contribution < 1.29 is 4.79 Å². The number of carbonyl (C=O) groups excluding carboxylic acids is 1. The van der Waals surface area contributed by atoms with Crippen molar-refractivity contribution in [3.05, 3.63) is 28.2 Å². The first-order chi connectivity index (χ1) is 8.15. The van der Waals surface area contributed by atoms with Crippen LogP contribution in [0.5, 0.6) is 0 Å². The van der Waals surface area contributed by atoms with Gasteiger partial charge in [-0.3, -0.25) is 4.79 Å². The van der Waals surface area contributed by atoms with E-state index >= 15 is 0 Å². The zero-order valence-corrected chi connectivity index (χ0v) is 11.8. The van der Waals surface area contributed by atoms with Crippen molar-refractivity contribution in [3.8, 4) is 0 Å². The van der Waals surface area contributed by atoms with Crippen molar-refractivity contribution in [3.63, 3.8) is 0 Å². The van der Waals surface area contributed by atoms with Gasteiger partial charge in [0.1, 0.15) is 0 Å². The highest BCUT2D eigenvalue weighted by Gasteiger charge is 2.17. The van der Waals surface area contributed by atoms with E-state index in [1.54, 1.807) is 18.2 Å². The Morgan fingerprint density at radius 1 is 1.47 bits per heavy atom. The molecule has 0 aromatic heterocycles. The molecular formula is C12H15BrN2OS. The molecule has 0 spiro atoms. The number of anilines is 1. The van der Waals surface area contributed by atoms with Crippen LogP contribution >= 0.6 is 27.7 Å². The second-order valence-electron chi connectivity index (χ2n) is 4.16. The molecule has 1 aromatic rings. The van der Waals surface area contributed by atoms with Crippen LogP contribution in [0.3, 0.4) is 0 Å². The summed E-state index contributed by atoms with van der Waals surface area (Å²) in [6, 6.07) is 5.58. The molecule has 0 aliphatic carbocycles. The first-order valence-electron chi connectivity index (χ1n) is 5.60. The Morgan fingerprint density at radius 2 is 2.29 bits per heavy atom. The number of thioether (sulfide) groups is 1. The molecule has 1 heterocycles. The van der Waals surface area contributed by atoms with Crippen molar-refractivity contribution in [2.45, 2.75) is 18.9 Å². The molecule has 92 valence electrons. The summed E-state index contributed by atoms with van der Waals surface area (Å²) in [4.78, 5) is 12.0. The van der Waals surface area contributed by atoms with Gasteiger partial charge in [-0.1, -0.05) is 15.9 Å². The van der Waals surface area contributed by atoms with E-state index in [0.29, 0.717) is 17.3 Å². The Balaban J connectivity index is 2.03. The SMILES string of the molecule is Nc1cc(Br)cc(C(=O)NC2CCCSC2)c1. The zero-order valence-electron chi connectivity index (χ0n) is 9.41. The Hall–Kier alpha value is -0.680. The minimum Gasteiger partial charge on any atom is -0.399 e. The van der Waals surface area contributed by atoms with Gasteiger partial charge < -0.3 is 11.1 Å². The second kappa shape index (κ2) is 5.78. The third-order valence-corrected chi connectivity index (χ3v) is 4.35. The second-order valence-corrected chi connectivity index (χ2v) is 6.23. The Kier molecular flexibility index (Phi) is 4.34. The summed E-state index contributed by atoms with van der Waals surface area (Å²) in [6.07, 6.45) is 2.25. The number of nitrogen functional groups attached to an aromatic ring is 1. The summed E-state index contributed by atoms with van der Waals surface area (Å²) < 4.78 is 0.834. The van der Waals surface area contributed by atoms with E-state index in [1.165, 1.54) is 12.2 Å². The fourth-order valence-electron chi connectivity index (χ4n) is 1.87. The number of carbonyl (C=O) groups is 1. The standard InChI is InChI=1S/C12H15BrN2OS/c13-9-4-8(5-10(14)6-9)12(16)15-11-2-1-3-17-7-11/h4-6,11H,1-3,7,14H2,(H,15,16). The van der Waals surface area contributed by atoms with Crippen molar-refractivity contribution in [1.29, 1.82) is 0 Å². The molecule has 3 N–H and O–H groups in total. The molecule has 5 heteroatoms. The summed E-state index contributed by atoms with van der Waals surface area (Å²) in [5, 5.41) is 3.05. The molecule has 1 atom stereocenters. The number of halogens is 1. The van der Waals surface area contributed by atoms with Gasteiger partial charge in [-0.25, -0.2) is 0 Å². The number of benzene rings is 1. The first kappa shape index (κ1) is 12.8. The van der Waals surface area contributed by atoms with Gasteiger partial charge in [0.15, 0.2) is 0 Å². The molecule has 3 nitrogen and oxygen atoms in total. The van der Waals surface area contributed by atoms with Gasteiger partial charge >= 0.3 is 0 Å². The highest BCUT2D eigenvalue weighted by Crippen LogP contribution is 2.19. The van der Waals surface area contributed by atoms with E-state index in [9.17, 15) is 4.79 Å². The van der Waals surface area contributed by atoms with E-state index in [1.807, 2.05) is 11.8 Å². The van der Waals surface area contributed by atoms with Gasteiger partial charge in [-0.05, 0) is 36.8 Å². The lowest BCUT2D eigenvalue weighted by Crippen LogP contribution is -2.38. The van der Waals surface area contributed by atoms with Crippen LogP contribution in [0.15, 0.2) is 22.7 Å². The Bertz CT molecular complexity index is 399. The molecule has 1 fully saturated rings. The summed E-state index contributed by atoms with van der Waals surface area (Å²) in [5.74, 6) is 2.18. The molecule has 1 unspecified atom stereocenters. The molecule has 1 aromatic carbocycles. The van der Waals surface area contributed by atoms with Crippen LogP contribution in [0.25, 0.3) is 0 Å². The minimum atomic E-state index is -0.0366. The average molecular weight is 315 g/mol. The van der Waals surface area contributed by atoms with Crippen LogP contribution in [-0.4, -0.2) is 23.5 Å². The molecule has 0 saturated carbocycles. The van der Waals surface area contributed by atoms with Crippen molar-refractivity contribution in [2.24, 2.45) is 0 Å². The van der Waals surface area contributed by atoms with Crippen molar-refractivity contribution in [2.75, 3.05) is 17.2 Å². The average Bonchev–Trinajstić information content (AvgIpc) is 2.29. The molecule has 1 amide bonds. The number of hydrogen-bond acceptors (Lipinski definition) is 3. The third-order valence-electron chi connectivity index (χ3n) is 2.68. The van der Waals surface area contributed by atoms with E-state index in [0.717, 1.165) is 16.6 Å². The van der Waals surface area contributed by atoms with E-state index in [4.69, 9.17) is 5.73 Å². The summed E-state index contributed by atoms with van der Waals surface area (Å²) >= 11 is 5.24. The lowest BCUT2D eigenvalue weighted by Gasteiger charge is -2.22. The maximum atomic E-state index is 12.0. The quantitative estimate of drug-likeness (QED) is 0.825. The van der Waals surface area contributed by atoms with Crippen LogP contribution in [0.4, 0.5) is 5.69 Å². The monoisotopic (exact) mass is 314 g/mol. The normalized spacial score (nSPS) is 19.9. The lowest BCUT2D eigenvalue weighted by atomic mass is 10.1. The van der Waals surface area contributed by atoms with Gasteiger partial charge in [-0.2, -0.15) is 11.8 Å². The number of rotatable bonds is 2. The Labute approximate surface area is 114 Å². The van der Waals surface area contributed by atoms with Crippen LogP contribution in [0, 0.1) is 0 Å². The van der Waals surface area contributed by atoms with Crippen molar-refractivity contribution in [1.82, 2.24) is 5.32 Å². The minimum absolute atomic E-state index is 0.0366. The molecule has 1 aliphatic rings. The molecule has 2 rings (SSSR count). The van der Waals surface area contributed by atoms with Crippen LogP contribution in [0.2, 0.25) is 0 Å².